The molecule has 0 fully saturated rings. The third kappa shape index (κ3) is 3.65. The summed E-state index contributed by atoms with van der Waals surface area (Å²) in [5.74, 6) is 0. The maximum absolute atomic E-state index is 9.63. The predicted molar refractivity (Wildman–Crippen MR) is 55.4 cm³/mol. The maximum Gasteiger partial charge on any atom is 0.0932 e. The third-order valence-electron chi connectivity index (χ3n) is 1.66. The summed E-state index contributed by atoms with van der Waals surface area (Å²) in [7, 11) is 0. The van der Waals surface area contributed by atoms with Crippen LogP contribution in [0.5, 0.6) is 0 Å². The largest absolute Gasteiger partial charge is 0.387 e. The van der Waals surface area contributed by atoms with E-state index >= 15 is 0 Å². The lowest BCUT2D eigenvalue weighted by Gasteiger charge is -2.07. The fraction of sp³-hybridized carbons (Fsp3) is 0.556. The molecular formula is C9H13ClO2S. The molecule has 13 heavy (non-hydrogen) atoms. The average Bonchev–Trinajstić information content (AvgIpc) is 2.52. The van der Waals surface area contributed by atoms with Gasteiger partial charge in [-0.1, -0.05) is 11.6 Å². The summed E-state index contributed by atoms with van der Waals surface area (Å²) in [6, 6.07) is 3.65. The Kier molecular flexibility index (Phi) is 4.73. The van der Waals surface area contributed by atoms with E-state index in [4.69, 9.17) is 16.3 Å². The Morgan fingerprint density at radius 2 is 2.38 bits per heavy atom. The van der Waals surface area contributed by atoms with Crippen LogP contribution in [0.4, 0.5) is 0 Å². The van der Waals surface area contributed by atoms with Crippen LogP contribution in [0.3, 0.4) is 0 Å². The van der Waals surface area contributed by atoms with Gasteiger partial charge in [-0.05, 0) is 19.1 Å². The van der Waals surface area contributed by atoms with Crippen LogP contribution in [0, 0.1) is 0 Å². The van der Waals surface area contributed by atoms with Crippen LogP contribution in [0.2, 0.25) is 4.34 Å². The van der Waals surface area contributed by atoms with Crippen LogP contribution in [0.15, 0.2) is 12.1 Å². The summed E-state index contributed by atoms with van der Waals surface area (Å²) in [5.41, 5.74) is 0. The lowest BCUT2D eigenvalue weighted by atomic mass is 10.2. The van der Waals surface area contributed by atoms with Crippen molar-refractivity contribution in [2.75, 3.05) is 13.2 Å². The van der Waals surface area contributed by atoms with Gasteiger partial charge >= 0.3 is 0 Å². The van der Waals surface area contributed by atoms with Crippen molar-refractivity contribution in [3.8, 4) is 0 Å². The van der Waals surface area contributed by atoms with Crippen molar-refractivity contribution in [3.05, 3.63) is 21.3 Å². The smallest absolute Gasteiger partial charge is 0.0932 e. The molecule has 1 heterocycles. The van der Waals surface area contributed by atoms with Crippen molar-refractivity contribution in [3.63, 3.8) is 0 Å². The Balaban J connectivity index is 2.35. The molecule has 0 aliphatic carbocycles. The number of thiophene rings is 1. The summed E-state index contributed by atoms with van der Waals surface area (Å²) in [6.07, 6.45) is 0.189. The first-order valence-corrected chi connectivity index (χ1v) is 5.44. The molecule has 0 radical (unpaired) electrons. The number of hydrogen-bond acceptors (Lipinski definition) is 3. The van der Waals surface area contributed by atoms with E-state index in [1.807, 2.05) is 13.0 Å². The van der Waals surface area contributed by atoms with E-state index in [0.717, 1.165) is 4.88 Å². The van der Waals surface area contributed by atoms with E-state index in [-0.39, 0.29) is 0 Å². The molecule has 1 atom stereocenters. The Morgan fingerprint density at radius 3 is 2.92 bits per heavy atom. The minimum Gasteiger partial charge on any atom is -0.387 e. The first-order valence-electron chi connectivity index (χ1n) is 4.25. The fourth-order valence-corrected chi connectivity index (χ4v) is 2.07. The van der Waals surface area contributed by atoms with Gasteiger partial charge in [0.2, 0.25) is 0 Å². The van der Waals surface area contributed by atoms with E-state index in [1.165, 1.54) is 11.3 Å². The molecular weight excluding hydrogens is 208 g/mol. The monoisotopic (exact) mass is 220 g/mol. The molecule has 0 aliphatic heterocycles. The fourth-order valence-electron chi connectivity index (χ4n) is 0.989. The zero-order valence-corrected chi connectivity index (χ0v) is 9.07. The average molecular weight is 221 g/mol. The summed E-state index contributed by atoms with van der Waals surface area (Å²) in [6.45, 7) is 3.22. The quantitative estimate of drug-likeness (QED) is 0.774. The summed E-state index contributed by atoms with van der Waals surface area (Å²) >= 11 is 7.16. The summed E-state index contributed by atoms with van der Waals surface area (Å²) < 4.78 is 5.86. The summed E-state index contributed by atoms with van der Waals surface area (Å²) in [4.78, 5) is 0.907. The van der Waals surface area contributed by atoms with Gasteiger partial charge in [0.05, 0.1) is 10.4 Å². The molecule has 0 aliphatic rings. The van der Waals surface area contributed by atoms with Crippen molar-refractivity contribution in [2.45, 2.75) is 19.4 Å². The van der Waals surface area contributed by atoms with Gasteiger partial charge in [0.1, 0.15) is 0 Å². The lowest BCUT2D eigenvalue weighted by molar-refractivity contribution is 0.0902. The molecule has 0 spiro atoms. The first-order chi connectivity index (χ1) is 6.24. The number of aliphatic hydroxyl groups is 1. The Bertz CT molecular complexity index is 250. The zero-order valence-electron chi connectivity index (χ0n) is 7.50. The standard InChI is InChI=1S/C9H13ClO2S/c1-2-12-6-5-7(11)8-3-4-9(10)13-8/h3-4,7,11H,2,5-6H2,1H3. The molecule has 1 aromatic heterocycles. The van der Waals surface area contributed by atoms with E-state index in [0.29, 0.717) is 24.0 Å². The summed E-state index contributed by atoms with van der Waals surface area (Å²) in [5, 5.41) is 9.63. The van der Waals surface area contributed by atoms with E-state index in [9.17, 15) is 5.11 Å². The van der Waals surface area contributed by atoms with Gasteiger partial charge in [0.25, 0.3) is 0 Å². The second kappa shape index (κ2) is 5.60. The van der Waals surface area contributed by atoms with Crippen LogP contribution in [-0.4, -0.2) is 18.3 Å². The highest BCUT2D eigenvalue weighted by atomic mass is 35.5. The number of hydrogen-bond donors (Lipinski definition) is 1. The van der Waals surface area contributed by atoms with Gasteiger partial charge in [-0.2, -0.15) is 0 Å². The molecule has 2 nitrogen and oxygen atoms in total. The Morgan fingerprint density at radius 1 is 1.62 bits per heavy atom. The van der Waals surface area contributed by atoms with Crippen LogP contribution < -0.4 is 0 Å². The second-order valence-corrected chi connectivity index (χ2v) is 4.39. The van der Waals surface area contributed by atoms with Crippen LogP contribution in [-0.2, 0) is 4.74 Å². The van der Waals surface area contributed by atoms with Crippen molar-refractivity contribution in [2.24, 2.45) is 0 Å². The molecule has 0 bridgehead atoms. The number of halogens is 1. The van der Waals surface area contributed by atoms with Crippen LogP contribution in [0.25, 0.3) is 0 Å². The van der Waals surface area contributed by atoms with Gasteiger partial charge in [0, 0.05) is 24.5 Å². The maximum atomic E-state index is 9.63. The zero-order chi connectivity index (χ0) is 9.68. The van der Waals surface area contributed by atoms with Crippen LogP contribution in [0.1, 0.15) is 24.3 Å². The van der Waals surface area contributed by atoms with Gasteiger partial charge in [-0.3, -0.25) is 0 Å². The molecule has 1 N–H and O–H groups in total. The molecule has 1 unspecified atom stereocenters. The van der Waals surface area contributed by atoms with Crippen LogP contribution >= 0.6 is 22.9 Å². The minimum absolute atomic E-state index is 0.441. The predicted octanol–water partition coefficient (Wildman–Crippen LogP) is 2.86. The van der Waals surface area contributed by atoms with Crippen molar-refractivity contribution in [1.29, 1.82) is 0 Å². The minimum atomic E-state index is -0.441. The van der Waals surface area contributed by atoms with Crippen molar-refractivity contribution < 1.29 is 9.84 Å². The second-order valence-electron chi connectivity index (χ2n) is 2.64. The van der Waals surface area contributed by atoms with E-state index in [2.05, 4.69) is 0 Å². The molecule has 1 rings (SSSR count). The number of ether oxygens (including phenoxy) is 1. The van der Waals surface area contributed by atoms with Crippen molar-refractivity contribution >= 4 is 22.9 Å². The lowest BCUT2D eigenvalue weighted by Crippen LogP contribution is -2.01. The van der Waals surface area contributed by atoms with Gasteiger partial charge in [0.15, 0.2) is 0 Å². The topological polar surface area (TPSA) is 29.5 Å². The third-order valence-corrected chi connectivity index (χ3v) is 2.99. The molecule has 74 valence electrons. The van der Waals surface area contributed by atoms with Gasteiger partial charge in [-0.25, -0.2) is 0 Å². The first kappa shape index (κ1) is 11.0. The molecule has 0 aromatic carbocycles. The highest BCUT2D eigenvalue weighted by molar-refractivity contribution is 7.16. The molecule has 4 heteroatoms. The SMILES string of the molecule is CCOCCC(O)c1ccc(Cl)s1. The Hall–Kier alpha value is -0.0900. The number of aliphatic hydroxyl groups excluding tert-OH is 1. The molecule has 1 aromatic rings. The van der Waals surface area contributed by atoms with Crippen molar-refractivity contribution in [1.82, 2.24) is 0 Å². The van der Waals surface area contributed by atoms with E-state index in [1.54, 1.807) is 6.07 Å². The normalized spacial score (nSPS) is 13.2. The number of rotatable bonds is 5. The van der Waals surface area contributed by atoms with Gasteiger partial charge < -0.3 is 9.84 Å². The Labute approximate surface area is 87.1 Å². The molecule has 0 amide bonds. The van der Waals surface area contributed by atoms with Gasteiger partial charge in [-0.15, -0.1) is 11.3 Å². The molecule has 0 saturated carbocycles. The van der Waals surface area contributed by atoms with E-state index < -0.39 is 6.10 Å². The highest BCUT2D eigenvalue weighted by Gasteiger charge is 2.09. The molecule has 0 saturated heterocycles. The highest BCUT2D eigenvalue weighted by Crippen LogP contribution is 2.28.